The van der Waals surface area contributed by atoms with Crippen molar-refractivity contribution < 1.29 is 14.3 Å². The quantitative estimate of drug-likeness (QED) is 0.660. The van der Waals surface area contributed by atoms with Gasteiger partial charge in [0, 0.05) is 30.4 Å². The summed E-state index contributed by atoms with van der Waals surface area (Å²) in [6.45, 7) is 0. The molecule has 7 nitrogen and oxygen atoms in total. The van der Waals surface area contributed by atoms with Gasteiger partial charge >= 0.3 is 0 Å². The summed E-state index contributed by atoms with van der Waals surface area (Å²) in [4.78, 5) is 32.6. The van der Waals surface area contributed by atoms with E-state index in [1.54, 1.807) is 6.20 Å². The van der Waals surface area contributed by atoms with Crippen LogP contribution < -0.4 is 20.3 Å². The van der Waals surface area contributed by atoms with Crippen molar-refractivity contribution in [1.82, 2.24) is 15.6 Å². The number of carbonyl (C=O) groups excluding carboxylic acids is 2. The molecule has 4 fully saturated rings. The number of nitrogens with one attached hydrogen (secondary N) is 2. The lowest BCUT2D eigenvalue weighted by Crippen LogP contribution is -2.60. The minimum absolute atomic E-state index is 0.0320. The molecule has 1 aromatic carbocycles. The first kappa shape index (κ1) is 21.4. The van der Waals surface area contributed by atoms with Crippen LogP contribution >= 0.6 is 0 Å². The maximum absolute atomic E-state index is 13.3. The van der Waals surface area contributed by atoms with E-state index >= 15 is 0 Å². The van der Waals surface area contributed by atoms with Crippen molar-refractivity contribution in [2.45, 2.75) is 87.6 Å². The Kier molecular flexibility index (Phi) is 5.42. The number of hydrogen-bond acceptors (Lipinski definition) is 5. The Bertz CT molecular complexity index is 1040. The maximum Gasteiger partial charge on any atom is 0.264 e. The van der Waals surface area contributed by atoms with E-state index in [1.807, 2.05) is 42.5 Å². The number of hydrogen-bond donors (Lipinski definition) is 2. The fourth-order valence-electron chi connectivity index (χ4n) is 5.74. The number of para-hydroxylation sites is 1. The van der Waals surface area contributed by atoms with Crippen LogP contribution in [0, 0.1) is 0 Å². The molecule has 2 saturated carbocycles. The zero-order chi connectivity index (χ0) is 23.1. The lowest BCUT2D eigenvalue weighted by atomic mass is 9.78. The molecule has 2 unspecified atom stereocenters. The highest BCUT2D eigenvalue weighted by molar-refractivity contribution is 5.94. The highest BCUT2D eigenvalue weighted by atomic mass is 16.5. The summed E-state index contributed by atoms with van der Waals surface area (Å²) < 4.78 is 6.19. The Morgan fingerprint density at radius 1 is 0.912 bits per heavy atom. The van der Waals surface area contributed by atoms with Crippen LogP contribution in [0.5, 0.6) is 5.75 Å². The van der Waals surface area contributed by atoms with E-state index in [0.717, 1.165) is 69.4 Å². The molecule has 178 valence electrons. The number of nitrogens with zero attached hydrogens (tertiary/aromatic N) is 2. The number of piperidine rings is 1. The SMILES string of the molecule is O=C(NC1CC1)c1ccc(N2C3CCC2CC(NC(=O)C2(Oc4ccccc4)CCC2)C3)nc1. The first-order valence-corrected chi connectivity index (χ1v) is 12.7. The van der Waals surface area contributed by atoms with Crippen molar-refractivity contribution in [3.63, 3.8) is 0 Å². The highest BCUT2D eigenvalue weighted by Crippen LogP contribution is 2.40. The van der Waals surface area contributed by atoms with E-state index in [-0.39, 0.29) is 17.9 Å². The zero-order valence-electron chi connectivity index (χ0n) is 19.4. The number of rotatable bonds is 7. The van der Waals surface area contributed by atoms with Crippen molar-refractivity contribution in [2.75, 3.05) is 4.90 Å². The molecule has 34 heavy (non-hydrogen) atoms. The molecule has 3 heterocycles. The lowest BCUT2D eigenvalue weighted by Gasteiger charge is -2.44. The normalized spacial score (nSPS) is 26.9. The fourth-order valence-corrected chi connectivity index (χ4v) is 5.74. The minimum atomic E-state index is -0.726. The summed E-state index contributed by atoms with van der Waals surface area (Å²) in [5, 5.41) is 6.36. The smallest absolute Gasteiger partial charge is 0.264 e. The van der Waals surface area contributed by atoms with Gasteiger partial charge in [-0.15, -0.1) is 0 Å². The Labute approximate surface area is 200 Å². The van der Waals surface area contributed by atoms with E-state index in [4.69, 9.17) is 4.74 Å². The molecule has 0 radical (unpaired) electrons. The molecule has 2 amide bonds. The van der Waals surface area contributed by atoms with Gasteiger partial charge in [0.1, 0.15) is 11.6 Å². The number of amides is 2. The first-order chi connectivity index (χ1) is 16.6. The summed E-state index contributed by atoms with van der Waals surface area (Å²) in [5.74, 6) is 1.69. The van der Waals surface area contributed by atoms with E-state index in [0.29, 0.717) is 23.7 Å². The van der Waals surface area contributed by atoms with Crippen LogP contribution in [0.15, 0.2) is 48.7 Å². The minimum Gasteiger partial charge on any atom is -0.477 e. The van der Waals surface area contributed by atoms with Crippen LogP contribution in [0.2, 0.25) is 0 Å². The molecule has 2 aliphatic carbocycles. The number of pyridine rings is 1. The Morgan fingerprint density at radius 2 is 1.65 bits per heavy atom. The number of fused-ring (bicyclic) bond motifs is 2. The topological polar surface area (TPSA) is 83.6 Å². The lowest BCUT2D eigenvalue weighted by molar-refractivity contribution is -0.145. The third kappa shape index (κ3) is 4.12. The summed E-state index contributed by atoms with van der Waals surface area (Å²) in [6, 6.07) is 14.7. The summed E-state index contributed by atoms with van der Waals surface area (Å²) in [7, 11) is 0. The van der Waals surface area contributed by atoms with Gasteiger partial charge in [-0.05, 0) is 82.1 Å². The van der Waals surface area contributed by atoms with E-state index in [9.17, 15) is 9.59 Å². The molecule has 4 aliphatic rings. The summed E-state index contributed by atoms with van der Waals surface area (Å²) >= 11 is 0. The molecule has 6 rings (SSSR count). The molecule has 2 saturated heterocycles. The number of ether oxygens (including phenoxy) is 1. The molecule has 0 spiro atoms. The van der Waals surface area contributed by atoms with E-state index < -0.39 is 5.60 Å². The maximum atomic E-state index is 13.3. The van der Waals surface area contributed by atoms with E-state index in [2.05, 4.69) is 20.5 Å². The fraction of sp³-hybridized carbons (Fsp3) is 0.519. The van der Waals surface area contributed by atoms with Crippen molar-refractivity contribution in [2.24, 2.45) is 0 Å². The second-order valence-electron chi connectivity index (χ2n) is 10.3. The molecule has 2 aromatic rings. The zero-order valence-corrected chi connectivity index (χ0v) is 19.4. The average Bonchev–Trinajstić information content (AvgIpc) is 3.60. The number of carbonyl (C=O) groups is 2. The Hall–Kier alpha value is -3.09. The van der Waals surface area contributed by atoms with Gasteiger partial charge in [0.2, 0.25) is 0 Å². The largest absolute Gasteiger partial charge is 0.477 e. The van der Waals surface area contributed by atoms with Gasteiger partial charge in [-0.25, -0.2) is 4.98 Å². The molecular weight excluding hydrogens is 428 g/mol. The van der Waals surface area contributed by atoms with Crippen LogP contribution in [0.1, 0.15) is 68.1 Å². The van der Waals surface area contributed by atoms with Gasteiger partial charge in [-0.3, -0.25) is 9.59 Å². The predicted molar refractivity (Wildman–Crippen MR) is 129 cm³/mol. The van der Waals surface area contributed by atoms with Crippen LogP contribution in [0.3, 0.4) is 0 Å². The Balaban J connectivity index is 1.09. The summed E-state index contributed by atoms with van der Waals surface area (Å²) in [6.07, 6.45) is 10.4. The van der Waals surface area contributed by atoms with E-state index in [1.165, 1.54) is 0 Å². The van der Waals surface area contributed by atoms with Crippen LogP contribution in [-0.2, 0) is 4.79 Å². The first-order valence-electron chi connectivity index (χ1n) is 12.7. The van der Waals surface area contributed by atoms with Crippen molar-refractivity contribution in [3.8, 4) is 5.75 Å². The second kappa shape index (κ2) is 8.60. The molecule has 2 atom stereocenters. The number of benzene rings is 1. The van der Waals surface area contributed by atoms with Gasteiger partial charge in [-0.2, -0.15) is 0 Å². The predicted octanol–water partition coefficient (Wildman–Crippen LogP) is 3.59. The van der Waals surface area contributed by atoms with Gasteiger partial charge in [0.25, 0.3) is 11.8 Å². The second-order valence-corrected chi connectivity index (χ2v) is 10.3. The third-order valence-electron chi connectivity index (χ3n) is 7.89. The van der Waals surface area contributed by atoms with Crippen LogP contribution in [0.25, 0.3) is 0 Å². The molecule has 2 N–H and O–H groups in total. The molecule has 1 aromatic heterocycles. The van der Waals surface area contributed by atoms with Crippen LogP contribution in [-0.4, -0.2) is 46.6 Å². The van der Waals surface area contributed by atoms with Gasteiger partial charge < -0.3 is 20.3 Å². The van der Waals surface area contributed by atoms with Crippen molar-refractivity contribution >= 4 is 17.6 Å². The van der Waals surface area contributed by atoms with Crippen LogP contribution in [0.4, 0.5) is 5.82 Å². The number of aromatic nitrogens is 1. The third-order valence-corrected chi connectivity index (χ3v) is 7.89. The van der Waals surface area contributed by atoms with Gasteiger partial charge in [0.15, 0.2) is 5.60 Å². The van der Waals surface area contributed by atoms with Crippen molar-refractivity contribution in [1.29, 1.82) is 0 Å². The monoisotopic (exact) mass is 460 g/mol. The van der Waals surface area contributed by atoms with Gasteiger partial charge in [0.05, 0.1) is 5.56 Å². The average molecular weight is 461 g/mol. The molecule has 2 bridgehead atoms. The van der Waals surface area contributed by atoms with Crippen molar-refractivity contribution in [3.05, 3.63) is 54.2 Å². The van der Waals surface area contributed by atoms with Gasteiger partial charge in [-0.1, -0.05) is 18.2 Å². The molecule has 7 heteroatoms. The molecule has 2 aliphatic heterocycles. The standard InChI is InChI=1S/C27H32N4O3/c32-25(29-19-8-9-19)18-7-12-24(28-17-18)31-21-10-11-22(31)16-20(15-21)30-26(33)27(13-4-14-27)34-23-5-2-1-3-6-23/h1-3,5-7,12,17,19-22H,4,8-11,13-16H2,(H,29,32)(H,30,33). The Morgan fingerprint density at radius 3 is 2.24 bits per heavy atom. The molecular formula is C27H32N4O3. The number of anilines is 1. The summed E-state index contributed by atoms with van der Waals surface area (Å²) in [5.41, 5.74) is -0.106. The highest BCUT2D eigenvalue weighted by Gasteiger charge is 2.49.